The van der Waals surface area contributed by atoms with Crippen LogP contribution in [-0.2, 0) is 27.1 Å². The molecule has 1 aliphatic rings. The van der Waals surface area contributed by atoms with E-state index in [0.29, 0.717) is 18.8 Å². The molecule has 0 bridgehead atoms. The third kappa shape index (κ3) is 5.50. The average Bonchev–Trinajstić information content (AvgIpc) is 3.67. The van der Waals surface area contributed by atoms with Crippen LogP contribution in [0.5, 0.6) is 0 Å². The maximum absolute atomic E-state index is 12.4. The maximum atomic E-state index is 12.4. The molecule has 5 rings (SSSR count). The highest BCUT2D eigenvalue weighted by Gasteiger charge is 2.52. The number of benzene rings is 3. The second-order valence-electron chi connectivity index (χ2n) is 9.49. The Morgan fingerprint density at radius 3 is 2.24 bits per heavy atom. The van der Waals surface area contributed by atoms with Crippen molar-refractivity contribution in [1.82, 2.24) is 5.16 Å². The quantitative estimate of drug-likeness (QED) is 0.188. The molecule has 1 fully saturated rings. The van der Waals surface area contributed by atoms with Crippen molar-refractivity contribution >= 4 is 17.7 Å². The Hall–Kier alpha value is -3.35. The zero-order valence-electron chi connectivity index (χ0n) is 21.1. The molecule has 1 N–H and O–H groups in total. The minimum Gasteiger partial charge on any atom is -0.465 e. The van der Waals surface area contributed by atoms with Gasteiger partial charge in [0, 0.05) is 23.3 Å². The Labute approximate surface area is 221 Å². The van der Waals surface area contributed by atoms with E-state index in [-0.39, 0.29) is 5.97 Å². The number of aromatic nitrogens is 1. The van der Waals surface area contributed by atoms with Gasteiger partial charge in [0.25, 0.3) is 0 Å². The minimum atomic E-state index is -0.556. The van der Waals surface area contributed by atoms with E-state index >= 15 is 0 Å². The van der Waals surface area contributed by atoms with Crippen LogP contribution in [0.15, 0.2) is 83.4 Å². The Balaban J connectivity index is 1.27. The molecule has 0 aliphatic heterocycles. The third-order valence-electron chi connectivity index (χ3n) is 6.98. The molecule has 0 spiro atoms. The number of hydrogen-bond acceptors (Lipinski definition) is 6. The molecule has 190 valence electrons. The first-order valence-corrected chi connectivity index (χ1v) is 13.7. The Kier molecular flexibility index (Phi) is 7.49. The summed E-state index contributed by atoms with van der Waals surface area (Å²) in [5.74, 6) is 1.33. The smallest absolute Gasteiger partial charge is 0.316 e. The van der Waals surface area contributed by atoms with E-state index in [1.54, 1.807) is 0 Å². The highest BCUT2D eigenvalue weighted by atomic mass is 32.2. The number of carbonyl (C=O) groups is 1. The van der Waals surface area contributed by atoms with E-state index in [4.69, 9.17) is 9.26 Å². The fourth-order valence-electron chi connectivity index (χ4n) is 4.66. The molecule has 3 aromatic carbocycles. The van der Waals surface area contributed by atoms with Gasteiger partial charge in [-0.1, -0.05) is 84.0 Å². The van der Waals surface area contributed by atoms with Gasteiger partial charge in [-0.05, 0) is 48.9 Å². The highest BCUT2D eigenvalue weighted by Crippen LogP contribution is 2.49. The van der Waals surface area contributed by atoms with Crippen LogP contribution >= 0.6 is 11.8 Å². The van der Waals surface area contributed by atoms with Crippen LogP contribution in [-0.4, -0.2) is 28.3 Å². The number of esters is 1. The number of hydrogen-bond donors (Lipinski definition) is 1. The average molecular weight is 514 g/mol. The molecular weight excluding hydrogens is 482 g/mol. The number of ether oxygens (including phenoxy) is 1. The van der Waals surface area contributed by atoms with Crippen molar-refractivity contribution in [1.29, 1.82) is 0 Å². The molecule has 1 saturated carbocycles. The van der Waals surface area contributed by atoms with Crippen LogP contribution in [0.2, 0.25) is 0 Å². The predicted octanol–water partition coefficient (Wildman–Crippen LogP) is 6.71. The Morgan fingerprint density at radius 1 is 1.00 bits per heavy atom. The van der Waals surface area contributed by atoms with E-state index in [1.165, 1.54) is 17.3 Å². The van der Waals surface area contributed by atoms with E-state index < -0.39 is 10.9 Å². The topological polar surface area (TPSA) is 72.6 Å². The van der Waals surface area contributed by atoms with Gasteiger partial charge in [-0.2, -0.15) is 0 Å². The van der Waals surface area contributed by atoms with Crippen molar-refractivity contribution in [3.05, 3.63) is 101 Å². The van der Waals surface area contributed by atoms with Crippen molar-refractivity contribution in [3.8, 4) is 22.5 Å². The van der Waals surface area contributed by atoms with E-state index in [2.05, 4.69) is 41.6 Å². The second-order valence-corrected chi connectivity index (χ2v) is 10.7. The van der Waals surface area contributed by atoms with Gasteiger partial charge >= 0.3 is 5.97 Å². The molecule has 1 aliphatic carbocycles. The lowest BCUT2D eigenvalue weighted by atomic mass is 9.93. The van der Waals surface area contributed by atoms with Crippen molar-refractivity contribution in [3.63, 3.8) is 0 Å². The zero-order chi connectivity index (χ0) is 25.8. The lowest BCUT2D eigenvalue weighted by molar-refractivity contribution is -0.146. The van der Waals surface area contributed by atoms with Crippen LogP contribution in [0.4, 0.5) is 0 Å². The first-order valence-electron chi connectivity index (χ1n) is 12.7. The summed E-state index contributed by atoms with van der Waals surface area (Å²) >= 11 is 1.51. The third-order valence-corrected chi connectivity index (χ3v) is 8.03. The molecule has 37 heavy (non-hydrogen) atoms. The molecule has 6 heteroatoms. The van der Waals surface area contributed by atoms with Gasteiger partial charge in [-0.3, -0.25) is 4.79 Å². The van der Waals surface area contributed by atoms with Gasteiger partial charge in [-0.15, -0.1) is 11.8 Å². The number of carbonyl (C=O) groups excluding carboxylic acids is 1. The van der Waals surface area contributed by atoms with Crippen LogP contribution in [0.25, 0.3) is 22.5 Å². The molecule has 1 unspecified atom stereocenters. The fraction of sp³-hybridized carbons (Fsp3) is 0.290. The second kappa shape index (κ2) is 11.0. The van der Waals surface area contributed by atoms with Crippen molar-refractivity contribution in [2.45, 2.75) is 49.7 Å². The molecule has 0 saturated heterocycles. The number of rotatable bonds is 10. The van der Waals surface area contributed by atoms with Gasteiger partial charge in [0.05, 0.1) is 17.7 Å². The number of thioether (sulfide) groups is 1. The minimum absolute atomic E-state index is 0.117. The van der Waals surface area contributed by atoms with Crippen molar-refractivity contribution < 1.29 is 19.2 Å². The van der Waals surface area contributed by atoms with E-state index in [1.807, 2.05) is 56.3 Å². The van der Waals surface area contributed by atoms with Gasteiger partial charge in [-0.25, -0.2) is 0 Å². The Morgan fingerprint density at radius 2 is 1.62 bits per heavy atom. The molecule has 1 atom stereocenters. The summed E-state index contributed by atoms with van der Waals surface area (Å²) in [6, 6.07) is 26.5. The monoisotopic (exact) mass is 513 g/mol. The van der Waals surface area contributed by atoms with E-state index in [0.717, 1.165) is 52.1 Å². The zero-order valence-corrected chi connectivity index (χ0v) is 22.0. The summed E-state index contributed by atoms with van der Waals surface area (Å²) in [5, 5.41) is 14.9. The molecule has 1 heterocycles. The number of nitrogens with zero attached hydrogens (tertiary/aromatic N) is 1. The van der Waals surface area contributed by atoms with Gasteiger partial charge in [0.2, 0.25) is 0 Å². The predicted molar refractivity (Wildman–Crippen MR) is 147 cm³/mol. The molecule has 4 aromatic rings. The van der Waals surface area contributed by atoms with Crippen molar-refractivity contribution in [2.24, 2.45) is 0 Å². The van der Waals surface area contributed by atoms with Crippen LogP contribution < -0.4 is 0 Å². The maximum Gasteiger partial charge on any atom is 0.316 e. The number of aliphatic hydroxyl groups excluding tert-OH is 1. The summed E-state index contributed by atoms with van der Waals surface area (Å²) in [7, 11) is 0. The first-order chi connectivity index (χ1) is 18.0. The van der Waals surface area contributed by atoms with Crippen LogP contribution in [0.1, 0.15) is 42.1 Å². The lowest BCUT2D eigenvalue weighted by Crippen LogP contribution is -2.23. The SMILES string of the molecule is CCOC(=O)C1(c2ccc(-c3ccc(-c4onc(C)c4CC(O)SCc4ccccc4)cc3)cc2)CC1. The molecule has 0 radical (unpaired) electrons. The largest absolute Gasteiger partial charge is 0.465 e. The molecular formula is C31H31NO4S. The standard InChI is InChI=1S/C31H31NO4S/c1-3-35-30(34)31(17-18-31)26-15-13-24(14-16-26)23-9-11-25(12-10-23)29-27(21(2)32-36-29)19-28(33)37-20-22-7-5-4-6-8-22/h4-16,28,33H,3,17-20H2,1-2H3. The number of aryl methyl sites for hydroxylation is 1. The first kappa shape index (κ1) is 25.3. The van der Waals surface area contributed by atoms with Gasteiger partial charge < -0.3 is 14.4 Å². The van der Waals surface area contributed by atoms with Crippen LogP contribution in [0.3, 0.4) is 0 Å². The van der Waals surface area contributed by atoms with Crippen molar-refractivity contribution in [2.75, 3.05) is 6.61 Å². The van der Waals surface area contributed by atoms with E-state index in [9.17, 15) is 9.90 Å². The molecule has 0 amide bonds. The Bertz CT molecular complexity index is 1340. The molecule has 5 nitrogen and oxygen atoms in total. The lowest BCUT2D eigenvalue weighted by Gasteiger charge is -2.14. The fourth-order valence-corrected chi connectivity index (χ4v) is 5.52. The summed E-state index contributed by atoms with van der Waals surface area (Å²) in [6.07, 6.45) is 2.16. The summed E-state index contributed by atoms with van der Waals surface area (Å²) < 4.78 is 11.0. The van der Waals surface area contributed by atoms with Crippen LogP contribution in [0, 0.1) is 6.92 Å². The normalized spacial score (nSPS) is 14.8. The summed E-state index contributed by atoms with van der Waals surface area (Å²) in [6.45, 7) is 4.16. The summed E-state index contributed by atoms with van der Waals surface area (Å²) in [5.41, 5.74) is 6.01. The molecule has 1 aromatic heterocycles. The van der Waals surface area contributed by atoms with Gasteiger partial charge in [0.15, 0.2) is 5.76 Å². The summed E-state index contributed by atoms with van der Waals surface area (Å²) in [4.78, 5) is 12.4. The van der Waals surface area contributed by atoms with Gasteiger partial charge in [0.1, 0.15) is 5.44 Å². The highest BCUT2D eigenvalue weighted by molar-refractivity contribution is 7.98. The number of aliphatic hydroxyl groups is 1.